The predicted octanol–water partition coefficient (Wildman–Crippen LogP) is -19.0. The summed E-state index contributed by atoms with van der Waals surface area (Å²) in [5, 5.41) is 0. The van der Waals surface area contributed by atoms with Crippen molar-refractivity contribution in [2.24, 2.45) is 0 Å². The topological polar surface area (TPSA) is 495 Å². The lowest BCUT2D eigenvalue weighted by Crippen LogP contribution is -3.13. The molecule has 397 valence electrons. The average molecular weight is 1550 g/mol. The molecule has 0 aliphatic carbocycles. The van der Waals surface area contributed by atoms with Crippen LogP contribution in [0.25, 0.3) is 0 Å². The van der Waals surface area contributed by atoms with Crippen LogP contribution in [0.3, 0.4) is 0 Å². The molecule has 0 aromatic carbocycles. The fourth-order valence-electron chi connectivity index (χ4n) is 6.82. The van der Waals surface area contributed by atoms with Crippen molar-refractivity contribution < 1.29 is 141 Å². The molecular formula is C9H47O31Si32. The highest BCUT2D eigenvalue weighted by molar-refractivity contribution is 8.23. The Hall–Kier alpha value is 5.70. The maximum atomic E-state index is 12.9. The largest absolute Gasteiger partial charge is 0.439 e. The summed E-state index contributed by atoms with van der Waals surface area (Å²) in [6, 6.07) is 0. The van der Waals surface area contributed by atoms with E-state index in [0.29, 0.717) is 0 Å². The molecule has 0 aromatic heterocycles. The van der Waals surface area contributed by atoms with E-state index in [0.717, 1.165) is 26.8 Å². The van der Waals surface area contributed by atoms with Crippen molar-refractivity contribution in [1.29, 1.82) is 0 Å². The van der Waals surface area contributed by atoms with Crippen LogP contribution in [0, 0.1) is 0 Å². The van der Waals surface area contributed by atoms with Crippen LogP contribution in [0.1, 0.15) is 0 Å². The van der Waals surface area contributed by atoms with Gasteiger partial charge in [0.15, 0.2) is 16.9 Å². The first-order chi connectivity index (χ1) is 33.3. The monoisotopic (exact) mass is 1550 g/mol. The Labute approximate surface area is 472 Å². The molecule has 0 fully saturated rings. The normalized spacial score (nSPS) is 18.8. The van der Waals surface area contributed by atoms with Gasteiger partial charge in [0.1, 0.15) is 0 Å². The predicted molar refractivity (Wildman–Crippen MR) is 294 cm³/mol. The van der Waals surface area contributed by atoms with Gasteiger partial charge < -0.3 is 141 Å². The fraction of sp³-hybridized carbons (Fsp3) is 1.00. The van der Waals surface area contributed by atoms with E-state index >= 15 is 0 Å². The van der Waals surface area contributed by atoms with Gasteiger partial charge in [-0.15, -0.1) is 0 Å². The molecule has 63 heteroatoms. The highest BCUT2D eigenvalue weighted by Crippen LogP contribution is 2.53. The summed E-state index contributed by atoms with van der Waals surface area (Å²) in [7, 11) is -68.5. The molecule has 6 atom stereocenters. The zero-order valence-electron chi connectivity index (χ0n) is 38.5. The van der Waals surface area contributed by atoms with E-state index < -0.39 is 267 Å². The maximum absolute atomic E-state index is 12.9. The van der Waals surface area contributed by atoms with Gasteiger partial charge >= 0.3 is 99.0 Å². The van der Waals surface area contributed by atoms with Gasteiger partial charge in [-0.25, -0.2) is 0 Å². The summed E-state index contributed by atoms with van der Waals surface area (Å²) in [6.07, 6.45) is 0. The molecule has 0 saturated carbocycles. The van der Waals surface area contributed by atoms with Gasteiger partial charge in [-0.2, -0.15) is 0 Å². The molecular weight excluding hydrogens is 1500 g/mol. The first-order valence-corrected chi connectivity index (χ1v) is 84.9. The molecule has 0 aromatic rings. The van der Waals surface area contributed by atoms with Crippen LogP contribution in [-0.2, 0) is 49.7 Å². The second kappa shape index (κ2) is 32.8. The van der Waals surface area contributed by atoms with Crippen molar-refractivity contribution in [3.63, 3.8) is 0 Å². The molecule has 0 aliphatic rings. The molecule has 0 saturated heterocycles. The Kier molecular flexibility index (Phi) is 35.4. The van der Waals surface area contributed by atoms with Crippen molar-refractivity contribution in [2.45, 2.75) is 52.4 Å². The van der Waals surface area contributed by atoms with Crippen molar-refractivity contribution in [1.82, 2.24) is 0 Å². The summed E-state index contributed by atoms with van der Waals surface area (Å²) in [4.78, 5) is 225. The SMILES string of the molecule is CO[Si]([Si])(O[Si]([Si](O[Si]O)([Si]O)[Si]O)([Si](O[Si]O)([Si]O)[SiH](C)O)[Si](O[Si](C)(C)O[Si](C)(C)C)(O[Si](O[Si]O)([Si]O)[Si](C)(C)O)[Si](O[Si](O[Si]O)([Si]O)[Si]O)([Si](O[Si]O)([Si]O)[Si]O)[Si](O[Si]O)([Si]O)[Si]O)[Si]O. The van der Waals surface area contributed by atoms with E-state index in [1.165, 1.54) is 13.1 Å². The zero-order valence-corrected chi connectivity index (χ0v) is 70.6. The molecule has 0 aliphatic heterocycles. The molecule has 0 amide bonds. The van der Waals surface area contributed by atoms with E-state index in [-0.39, 0.29) is 0 Å². The molecule has 6 unspecified atom stereocenters. The molecule has 19 N–H and O–H groups in total. The molecule has 31 nitrogen and oxygen atoms in total. The van der Waals surface area contributed by atoms with Gasteiger partial charge in [-0.3, -0.25) is 0 Å². The number of hydrogen-bond acceptors (Lipinski definition) is 31. The van der Waals surface area contributed by atoms with Crippen molar-refractivity contribution in [3.8, 4) is 0 Å². The van der Waals surface area contributed by atoms with E-state index in [2.05, 4.69) is 9.76 Å². The number of hydrogen-bond donors (Lipinski definition) is 19. The first kappa shape index (κ1) is 77.7. The third-order valence-electron chi connectivity index (χ3n) is 9.32. The Morgan fingerprint density at radius 3 is 1.07 bits per heavy atom. The second-order valence-electron chi connectivity index (χ2n) is 15.5. The second-order valence-corrected chi connectivity index (χ2v) is 155. The highest BCUT2D eigenvalue weighted by Gasteiger charge is 3.00. The summed E-state index contributed by atoms with van der Waals surface area (Å²) >= 11 is 0. The minimum absolute atomic E-state index is 0.958. The first-order valence-electron chi connectivity index (χ1n) is 18.5. The van der Waals surface area contributed by atoms with Crippen LogP contribution in [-0.4, -0.2) is 375 Å². The minimum atomic E-state index is -7.16. The highest BCUT2D eigenvalue weighted by atomic mass is 30.5. The van der Waals surface area contributed by atoms with Crippen molar-refractivity contribution in [3.05, 3.63) is 0 Å². The lowest BCUT2D eigenvalue weighted by atomic mass is 11.8. The summed E-state index contributed by atoms with van der Waals surface area (Å²) in [5.41, 5.74) is 0. The Bertz CT molecular complexity index is 1520. The minimum Gasteiger partial charge on any atom is -0.439 e. The summed E-state index contributed by atoms with van der Waals surface area (Å²) in [6.45, 7) is -26.3. The van der Waals surface area contributed by atoms with E-state index in [4.69, 9.17) is 49.7 Å². The van der Waals surface area contributed by atoms with Crippen LogP contribution in [0.15, 0.2) is 0 Å². The number of rotatable bonds is 42. The molecule has 37 radical (unpaired) electrons. The van der Waals surface area contributed by atoms with Crippen LogP contribution in [0.5, 0.6) is 0 Å². The molecule has 0 heterocycles. The van der Waals surface area contributed by atoms with E-state index in [1.54, 1.807) is 19.6 Å². The molecule has 0 rings (SSSR count). The molecule has 0 spiro atoms. The third-order valence-corrected chi connectivity index (χ3v) is 260. The van der Waals surface area contributed by atoms with Gasteiger partial charge in [0.25, 0.3) is 50.9 Å². The van der Waals surface area contributed by atoms with Gasteiger partial charge in [-0.1, -0.05) is 0 Å². The summed E-state index contributed by atoms with van der Waals surface area (Å²) < 4.78 is 79.8. The summed E-state index contributed by atoms with van der Waals surface area (Å²) in [5.74, 6) is 0. The van der Waals surface area contributed by atoms with Crippen LogP contribution >= 0.6 is 0 Å². The maximum Gasteiger partial charge on any atom is 0.420 e. The Balaban J connectivity index is 12.9. The lowest BCUT2D eigenvalue weighted by Gasteiger charge is -2.69. The van der Waals surface area contributed by atoms with Crippen LogP contribution in [0.4, 0.5) is 0 Å². The Morgan fingerprint density at radius 1 is 0.417 bits per heavy atom. The van der Waals surface area contributed by atoms with Crippen molar-refractivity contribution >= 4 is 277 Å². The van der Waals surface area contributed by atoms with E-state index in [1.807, 2.05) is 0 Å². The molecule has 72 heavy (non-hydrogen) atoms. The van der Waals surface area contributed by atoms with Gasteiger partial charge in [-0.05, 0) is 52.4 Å². The quantitative estimate of drug-likeness (QED) is 0.0252. The zero-order chi connectivity index (χ0) is 56.6. The fourth-order valence-corrected chi connectivity index (χ4v) is 440. The average Bonchev–Trinajstić information content (AvgIpc) is 3.32. The van der Waals surface area contributed by atoms with Crippen molar-refractivity contribution in [2.75, 3.05) is 7.11 Å². The smallest absolute Gasteiger partial charge is 0.420 e. The lowest BCUT2D eigenvalue weighted by molar-refractivity contribution is 0.296. The Morgan fingerprint density at radius 2 is 0.806 bits per heavy atom. The third kappa shape index (κ3) is 15.6. The van der Waals surface area contributed by atoms with Gasteiger partial charge in [0.05, 0.1) is 9.76 Å². The van der Waals surface area contributed by atoms with Crippen LogP contribution < -0.4 is 0 Å². The van der Waals surface area contributed by atoms with E-state index in [9.17, 15) is 91.1 Å². The standard InChI is InChI=1S/C9H47O31Si32/c1-29-63(41,48-16)38-72(69(56-24,57-25)34-46-14,70(58-26,35-47-15)59(2)27)66(37-62(8,9)36-60(3,4)5,40-65(51-19,31-43-11)61(6,7)28)71(67(52-20,53-21)32-44-12,68(54-22,55-23)33-45-13)39-64(49-17,50-18)30-42-10/h10-28,59H,1-9H3. The van der Waals surface area contributed by atoms with Crippen LogP contribution in [0.2, 0.25) is 52.4 Å². The van der Waals surface area contributed by atoms with Gasteiger partial charge in [0, 0.05) is 7.11 Å². The van der Waals surface area contributed by atoms with Gasteiger partial charge in [0.2, 0.25) is 100 Å². The molecule has 0 bridgehead atoms.